The molecule has 1 aromatic rings. The van der Waals surface area contributed by atoms with Gasteiger partial charge in [0.15, 0.2) is 5.78 Å². The highest BCUT2D eigenvalue weighted by molar-refractivity contribution is 6.31. The van der Waals surface area contributed by atoms with E-state index in [4.69, 9.17) is 11.6 Å². The predicted molar refractivity (Wildman–Crippen MR) is 83.0 cm³/mol. The summed E-state index contributed by atoms with van der Waals surface area (Å²) < 4.78 is 4.53. The number of ketones is 1. The van der Waals surface area contributed by atoms with Crippen molar-refractivity contribution in [1.82, 2.24) is 5.32 Å². The lowest BCUT2D eigenvalue weighted by Gasteiger charge is -2.20. The molecular weight excluding hydrogens is 278 g/mol. The van der Waals surface area contributed by atoms with Gasteiger partial charge in [-0.05, 0) is 6.07 Å². The molecule has 0 aliphatic rings. The monoisotopic (exact) mass is 301 g/mol. The molecule has 1 amide bonds. The minimum atomic E-state index is -0.786. The van der Waals surface area contributed by atoms with Crippen LogP contribution in [0.25, 0.3) is 0 Å². The Balaban J connectivity index is 0. The van der Waals surface area contributed by atoms with Gasteiger partial charge in [0.1, 0.15) is 6.04 Å². The van der Waals surface area contributed by atoms with E-state index in [1.807, 2.05) is 0 Å². The lowest BCUT2D eigenvalue weighted by molar-refractivity contribution is -0.124. The van der Waals surface area contributed by atoms with Crippen molar-refractivity contribution in [2.75, 3.05) is 7.11 Å². The van der Waals surface area contributed by atoms with E-state index >= 15 is 0 Å². The van der Waals surface area contributed by atoms with Crippen molar-refractivity contribution >= 4 is 23.5 Å². The Kier molecular flexibility index (Phi) is 9.73. The Labute approximate surface area is 126 Å². The minimum Gasteiger partial charge on any atom is -0.453 e. The van der Waals surface area contributed by atoms with Crippen LogP contribution < -0.4 is 5.32 Å². The van der Waals surface area contributed by atoms with Gasteiger partial charge in [-0.15, -0.1) is 0 Å². The summed E-state index contributed by atoms with van der Waals surface area (Å²) in [4.78, 5) is 23.4. The third-order valence-electron chi connectivity index (χ3n) is 2.52. The highest BCUT2D eigenvalue weighted by Gasteiger charge is 2.26. The van der Waals surface area contributed by atoms with Crippen LogP contribution in [0.5, 0.6) is 0 Å². The topological polar surface area (TPSA) is 55.4 Å². The van der Waals surface area contributed by atoms with Gasteiger partial charge >= 0.3 is 6.09 Å². The van der Waals surface area contributed by atoms with Crippen molar-refractivity contribution in [3.8, 4) is 0 Å². The second-order valence-electron chi connectivity index (χ2n) is 4.15. The highest BCUT2D eigenvalue weighted by atomic mass is 35.5. The number of halogens is 1. The molecule has 1 rings (SSSR count). The molecule has 0 aliphatic heterocycles. The number of carbonyl (C=O) groups is 2. The maximum absolute atomic E-state index is 12.1. The third kappa shape index (κ3) is 5.21. The molecular formula is C15H24ClNO3. The van der Waals surface area contributed by atoms with Crippen molar-refractivity contribution in [3.05, 3.63) is 34.9 Å². The molecule has 0 heterocycles. The van der Waals surface area contributed by atoms with E-state index in [2.05, 4.69) is 10.1 Å². The van der Waals surface area contributed by atoms with E-state index in [9.17, 15) is 9.59 Å². The molecule has 1 atom stereocenters. The van der Waals surface area contributed by atoms with Gasteiger partial charge < -0.3 is 10.1 Å². The fraction of sp³-hybridized carbons (Fsp3) is 0.467. The molecule has 114 valence electrons. The van der Waals surface area contributed by atoms with Crippen LogP contribution in [-0.2, 0) is 9.53 Å². The van der Waals surface area contributed by atoms with Crippen LogP contribution in [0.15, 0.2) is 24.3 Å². The number of ether oxygens (including phenoxy) is 1. The number of Topliss-reactive ketones (excluding diaryl/α,β-unsaturated/α-hetero) is 1. The molecule has 0 spiro atoms. The molecule has 0 radical (unpaired) electrons. The maximum Gasteiger partial charge on any atom is 0.407 e. The SMILES string of the molecule is C.C.COC(=O)N[C@@H](C(=O)C(C)C)c1ccccc1Cl. The number of nitrogens with one attached hydrogen (secondary N) is 1. The van der Waals surface area contributed by atoms with Gasteiger partial charge in [-0.2, -0.15) is 0 Å². The number of rotatable bonds is 4. The Morgan fingerprint density at radius 1 is 1.20 bits per heavy atom. The number of alkyl carbamates (subject to hydrolysis) is 1. The molecule has 5 heteroatoms. The summed E-state index contributed by atoms with van der Waals surface area (Å²) in [6.45, 7) is 3.54. The zero-order valence-electron chi connectivity index (χ0n) is 10.6. The number of hydrogen-bond donors (Lipinski definition) is 1. The lowest BCUT2D eigenvalue weighted by atomic mass is 9.95. The normalized spacial score (nSPS) is 10.8. The number of hydrogen-bond acceptors (Lipinski definition) is 3. The van der Waals surface area contributed by atoms with E-state index in [0.29, 0.717) is 10.6 Å². The van der Waals surface area contributed by atoms with Crippen LogP contribution in [-0.4, -0.2) is 19.0 Å². The summed E-state index contributed by atoms with van der Waals surface area (Å²) in [6, 6.07) is 6.13. The Bertz CT molecular complexity index is 446. The van der Waals surface area contributed by atoms with E-state index in [1.54, 1.807) is 38.1 Å². The quantitative estimate of drug-likeness (QED) is 0.905. The number of amides is 1. The van der Waals surface area contributed by atoms with E-state index in [1.165, 1.54) is 7.11 Å². The molecule has 1 aromatic carbocycles. The molecule has 4 nitrogen and oxygen atoms in total. The molecule has 0 aliphatic carbocycles. The average molecular weight is 302 g/mol. The largest absolute Gasteiger partial charge is 0.453 e. The standard InChI is InChI=1S/C13H16ClNO3.2CH4/c1-8(2)12(16)11(15-13(17)18-3)9-6-4-5-7-10(9)14;;/h4-8,11H,1-3H3,(H,15,17);2*1H4/t11-;;/m1../s1. The molecule has 0 bridgehead atoms. The van der Waals surface area contributed by atoms with Crippen LogP contribution in [0.2, 0.25) is 5.02 Å². The van der Waals surface area contributed by atoms with Gasteiger partial charge in [-0.25, -0.2) is 4.79 Å². The van der Waals surface area contributed by atoms with Gasteiger partial charge in [0.25, 0.3) is 0 Å². The molecule has 1 N–H and O–H groups in total. The van der Waals surface area contributed by atoms with E-state index < -0.39 is 12.1 Å². The van der Waals surface area contributed by atoms with Gasteiger partial charge in [-0.3, -0.25) is 4.79 Å². The van der Waals surface area contributed by atoms with Crippen molar-refractivity contribution in [2.24, 2.45) is 5.92 Å². The number of methoxy groups -OCH3 is 1. The average Bonchev–Trinajstić information content (AvgIpc) is 2.35. The molecule has 20 heavy (non-hydrogen) atoms. The zero-order valence-corrected chi connectivity index (χ0v) is 11.3. The minimum absolute atomic E-state index is 0. The van der Waals surface area contributed by atoms with Gasteiger partial charge in [0.05, 0.1) is 7.11 Å². The van der Waals surface area contributed by atoms with Crippen LogP contribution in [0.1, 0.15) is 40.3 Å². The van der Waals surface area contributed by atoms with Crippen LogP contribution in [0.3, 0.4) is 0 Å². The zero-order chi connectivity index (χ0) is 13.7. The van der Waals surface area contributed by atoms with E-state index in [-0.39, 0.29) is 26.6 Å². The third-order valence-corrected chi connectivity index (χ3v) is 2.86. The van der Waals surface area contributed by atoms with Gasteiger partial charge in [0, 0.05) is 16.5 Å². The molecule has 0 saturated carbocycles. The van der Waals surface area contributed by atoms with Crippen molar-refractivity contribution < 1.29 is 14.3 Å². The Hall–Kier alpha value is -1.55. The fourth-order valence-corrected chi connectivity index (χ4v) is 1.77. The van der Waals surface area contributed by atoms with E-state index in [0.717, 1.165) is 0 Å². The lowest BCUT2D eigenvalue weighted by Crippen LogP contribution is -2.35. The first-order valence-electron chi connectivity index (χ1n) is 5.60. The summed E-state index contributed by atoms with van der Waals surface area (Å²) >= 11 is 6.05. The number of benzene rings is 1. The molecule has 0 fully saturated rings. The summed E-state index contributed by atoms with van der Waals surface area (Å²) in [6.07, 6.45) is -0.658. The predicted octanol–water partition coefficient (Wildman–Crippen LogP) is 4.23. The molecule has 0 unspecified atom stereocenters. The summed E-state index contributed by atoms with van der Waals surface area (Å²) in [5.41, 5.74) is 0.572. The second-order valence-corrected chi connectivity index (χ2v) is 4.55. The summed E-state index contributed by atoms with van der Waals surface area (Å²) in [5, 5.41) is 2.95. The molecule has 0 saturated heterocycles. The summed E-state index contributed by atoms with van der Waals surface area (Å²) in [5.74, 6) is -0.336. The van der Waals surface area contributed by atoms with Crippen molar-refractivity contribution in [3.63, 3.8) is 0 Å². The molecule has 0 aromatic heterocycles. The number of carbonyl (C=O) groups excluding carboxylic acids is 2. The smallest absolute Gasteiger partial charge is 0.407 e. The first-order valence-corrected chi connectivity index (χ1v) is 5.97. The van der Waals surface area contributed by atoms with Crippen LogP contribution in [0, 0.1) is 5.92 Å². The second kappa shape index (κ2) is 9.37. The van der Waals surface area contributed by atoms with Crippen molar-refractivity contribution in [2.45, 2.75) is 34.7 Å². The first kappa shape index (κ1) is 20.8. The van der Waals surface area contributed by atoms with Gasteiger partial charge in [-0.1, -0.05) is 58.5 Å². The van der Waals surface area contributed by atoms with Gasteiger partial charge in [0.2, 0.25) is 0 Å². The van der Waals surface area contributed by atoms with Crippen molar-refractivity contribution in [1.29, 1.82) is 0 Å². The summed E-state index contributed by atoms with van der Waals surface area (Å²) in [7, 11) is 1.25. The highest BCUT2D eigenvalue weighted by Crippen LogP contribution is 2.25. The van der Waals surface area contributed by atoms with Crippen LogP contribution >= 0.6 is 11.6 Å². The Morgan fingerprint density at radius 3 is 2.20 bits per heavy atom. The first-order chi connectivity index (χ1) is 8.47. The van der Waals surface area contributed by atoms with Crippen LogP contribution in [0.4, 0.5) is 4.79 Å². The maximum atomic E-state index is 12.1. The fourth-order valence-electron chi connectivity index (χ4n) is 1.52. The Morgan fingerprint density at radius 2 is 1.75 bits per heavy atom.